The largest absolute Gasteiger partial charge is 0.331 e. The maximum atomic E-state index is 12.4. The van der Waals surface area contributed by atoms with E-state index in [0.29, 0.717) is 13.0 Å². The molecule has 0 aliphatic carbocycles. The zero-order valence-corrected chi connectivity index (χ0v) is 11.5. The summed E-state index contributed by atoms with van der Waals surface area (Å²) in [6.45, 7) is 0.479. The van der Waals surface area contributed by atoms with Gasteiger partial charge in [-0.05, 0) is 18.0 Å². The molecule has 0 spiro atoms. The van der Waals surface area contributed by atoms with E-state index in [1.54, 1.807) is 6.20 Å². The average molecular weight is 280 g/mol. The van der Waals surface area contributed by atoms with Crippen LogP contribution in [-0.2, 0) is 6.42 Å². The Hall–Kier alpha value is -2.66. The van der Waals surface area contributed by atoms with Gasteiger partial charge in [0.1, 0.15) is 6.33 Å². The van der Waals surface area contributed by atoms with Gasteiger partial charge in [0.2, 0.25) is 0 Å². The fourth-order valence-electron chi connectivity index (χ4n) is 2.35. The van der Waals surface area contributed by atoms with Crippen molar-refractivity contribution in [3.05, 3.63) is 60.7 Å². The monoisotopic (exact) mass is 280 g/mol. The van der Waals surface area contributed by atoms with Crippen LogP contribution in [0.2, 0.25) is 0 Å². The van der Waals surface area contributed by atoms with E-state index in [1.807, 2.05) is 42.5 Å². The molecule has 0 radical (unpaired) electrons. The zero-order valence-electron chi connectivity index (χ0n) is 11.5. The molecule has 0 bridgehead atoms. The molecule has 106 valence electrons. The first-order valence-corrected chi connectivity index (χ1v) is 6.80. The molecule has 3 rings (SSSR count). The molecule has 0 aliphatic rings. The van der Waals surface area contributed by atoms with E-state index in [9.17, 15) is 4.79 Å². The summed E-state index contributed by atoms with van der Waals surface area (Å²) in [5.41, 5.74) is 7.13. The Labute approximate surface area is 122 Å². The van der Waals surface area contributed by atoms with E-state index >= 15 is 0 Å². The summed E-state index contributed by atoms with van der Waals surface area (Å²) in [4.78, 5) is 16.4. The van der Waals surface area contributed by atoms with Gasteiger partial charge in [0.25, 0.3) is 0 Å². The molecular formula is C16H16N4O. The molecule has 0 unspecified atom stereocenters. The van der Waals surface area contributed by atoms with Crippen molar-refractivity contribution in [3.8, 4) is 0 Å². The third-order valence-corrected chi connectivity index (χ3v) is 3.37. The van der Waals surface area contributed by atoms with Crippen LogP contribution in [0, 0.1) is 0 Å². The van der Waals surface area contributed by atoms with Gasteiger partial charge < -0.3 is 11.1 Å². The third-order valence-electron chi connectivity index (χ3n) is 3.37. The molecule has 5 nitrogen and oxygen atoms in total. The predicted molar refractivity (Wildman–Crippen MR) is 83.4 cm³/mol. The Bertz CT molecular complexity index is 773. The van der Waals surface area contributed by atoms with Crippen molar-refractivity contribution in [2.24, 2.45) is 5.73 Å². The fourth-order valence-corrected chi connectivity index (χ4v) is 2.35. The summed E-state index contributed by atoms with van der Waals surface area (Å²) in [5, 5.41) is 5.02. The molecule has 0 saturated heterocycles. The van der Waals surface area contributed by atoms with E-state index < -0.39 is 0 Å². The summed E-state index contributed by atoms with van der Waals surface area (Å²) in [5.74, 6) is 0. The van der Waals surface area contributed by atoms with Gasteiger partial charge >= 0.3 is 6.03 Å². The normalized spacial score (nSPS) is 10.7. The maximum Gasteiger partial charge on any atom is 0.331 e. The minimum Gasteiger partial charge on any atom is -0.330 e. The molecule has 1 heterocycles. The lowest BCUT2D eigenvalue weighted by atomic mass is 10.1. The summed E-state index contributed by atoms with van der Waals surface area (Å²) in [7, 11) is 0. The minimum absolute atomic E-state index is 0.229. The number of hydrogen-bond donors (Lipinski definition) is 2. The van der Waals surface area contributed by atoms with Crippen molar-refractivity contribution in [2.45, 2.75) is 6.42 Å². The standard InChI is InChI=1S/C16H16N4O/c17-9-8-13-10-18-11-20(13)16(21)19-15-7-3-5-12-4-1-2-6-14(12)15/h1-7,10-11H,8-9,17H2,(H,19,21). The van der Waals surface area contributed by atoms with Crippen LogP contribution >= 0.6 is 0 Å². The summed E-state index contributed by atoms with van der Waals surface area (Å²) in [6.07, 6.45) is 3.78. The van der Waals surface area contributed by atoms with Crippen LogP contribution in [0.5, 0.6) is 0 Å². The van der Waals surface area contributed by atoms with Gasteiger partial charge in [-0.25, -0.2) is 9.78 Å². The molecule has 5 heteroatoms. The van der Waals surface area contributed by atoms with Gasteiger partial charge in [-0.1, -0.05) is 36.4 Å². The lowest BCUT2D eigenvalue weighted by Gasteiger charge is -2.10. The Morgan fingerprint density at radius 3 is 2.86 bits per heavy atom. The number of nitrogens with one attached hydrogen (secondary N) is 1. The second-order valence-corrected chi connectivity index (χ2v) is 4.75. The SMILES string of the molecule is NCCc1cncn1C(=O)Nc1cccc2ccccc12. The minimum atomic E-state index is -0.229. The van der Waals surface area contributed by atoms with Crippen LogP contribution in [0.25, 0.3) is 10.8 Å². The Morgan fingerprint density at radius 2 is 2.00 bits per heavy atom. The number of amides is 1. The number of rotatable bonds is 3. The molecule has 3 N–H and O–H groups in total. The highest BCUT2D eigenvalue weighted by Crippen LogP contribution is 2.23. The number of nitrogens with two attached hydrogens (primary N) is 1. The highest BCUT2D eigenvalue weighted by molar-refractivity contribution is 6.02. The van der Waals surface area contributed by atoms with Crippen LogP contribution < -0.4 is 11.1 Å². The number of aromatic nitrogens is 2. The lowest BCUT2D eigenvalue weighted by Crippen LogP contribution is -2.22. The van der Waals surface area contributed by atoms with E-state index in [1.165, 1.54) is 10.9 Å². The van der Waals surface area contributed by atoms with Crippen LogP contribution in [0.1, 0.15) is 5.69 Å². The Balaban J connectivity index is 1.91. The predicted octanol–water partition coefficient (Wildman–Crippen LogP) is 2.62. The van der Waals surface area contributed by atoms with Crippen molar-refractivity contribution in [1.82, 2.24) is 9.55 Å². The first-order chi connectivity index (χ1) is 10.3. The average Bonchev–Trinajstić information content (AvgIpc) is 2.96. The van der Waals surface area contributed by atoms with E-state index in [0.717, 1.165) is 22.2 Å². The van der Waals surface area contributed by atoms with Crippen molar-refractivity contribution >= 4 is 22.5 Å². The molecule has 21 heavy (non-hydrogen) atoms. The third kappa shape index (κ3) is 2.64. The second kappa shape index (κ2) is 5.76. The maximum absolute atomic E-state index is 12.4. The van der Waals surface area contributed by atoms with E-state index in [-0.39, 0.29) is 6.03 Å². The summed E-state index contributed by atoms with van der Waals surface area (Å²) >= 11 is 0. The van der Waals surface area contributed by atoms with E-state index in [4.69, 9.17) is 5.73 Å². The molecule has 0 fully saturated rings. The Kier molecular flexibility index (Phi) is 3.66. The smallest absolute Gasteiger partial charge is 0.330 e. The summed E-state index contributed by atoms with van der Waals surface area (Å²) < 4.78 is 1.49. The van der Waals surface area contributed by atoms with Gasteiger partial charge in [0, 0.05) is 23.7 Å². The van der Waals surface area contributed by atoms with Gasteiger partial charge in [-0.3, -0.25) is 4.57 Å². The van der Waals surface area contributed by atoms with Crippen LogP contribution in [0.3, 0.4) is 0 Å². The van der Waals surface area contributed by atoms with Crippen molar-refractivity contribution in [2.75, 3.05) is 11.9 Å². The fraction of sp³-hybridized carbons (Fsp3) is 0.125. The first kappa shape index (κ1) is 13.3. The number of anilines is 1. The molecule has 0 aliphatic heterocycles. The zero-order chi connectivity index (χ0) is 14.7. The number of carbonyl (C=O) groups excluding carboxylic acids is 1. The van der Waals surface area contributed by atoms with Crippen molar-refractivity contribution in [3.63, 3.8) is 0 Å². The van der Waals surface area contributed by atoms with Gasteiger partial charge in [0.15, 0.2) is 0 Å². The van der Waals surface area contributed by atoms with Gasteiger partial charge in [-0.2, -0.15) is 0 Å². The highest BCUT2D eigenvalue weighted by Gasteiger charge is 2.11. The van der Waals surface area contributed by atoms with Crippen LogP contribution in [-0.4, -0.2) is 22.1 Å². The molecule has 2 aromatic carbocycles. The number of carbonyl (C=O) groups is 1. The number of imidazole rings is 1. The Morgan fingerprint density at radius 1 is 1.19 bits per heavy atom. The molecular weight excluding hydrogens is 264 g/mol. The molecule has 0 atom stereocenters. The van der Waals surface area contributed by atoms with Crippen molar-refractivity contribution in [1.29, 1.82) is 0 Å². The summed E-state index contributed by atoms with van der Waals surface area (Å²) in [6, 6.07) is 13.5. The first-order valence-electron chi connectivity index (χ1n) is 6.80. The van der Waals surface area contributed by atoms with Crippen LogP contribution in [0.15, 0.2) is 55.0 Å². The molecule has 0 saturated carbocycles. The second-order valence-electron chi connectivity index (χ2n) is 4.75. The molecule has 3 aromatic rings. The molecule has 1 aromatic heterocycles. The van der Waals surface area contributed by atoms with Crippen molar-refractivity contribution < 1.29 is 4.79 Å². The van der Waals surface area contributed by atoms with Gasteiger partial charge in [-0.15, -0.1) is 0 Å². The number of benzene rings is 2. The number of nitrogens with zero attached hydrogens (tertiary/aromatic N) is 2. The van der Waals surface area contributed by atoms with E-state index in [2.05, 4.69) is 10.3 Å². The van der Waals surface area contributed by atoms with Gasteiger partial charge in [0.05, 0.1) is 5.69 Å². The van der Waals surface area contributed by atoms with Crippen LogP contribution in [0.4, 0.5) is 10.5 Å². The number of hydrogen-bond acceptors (Lipinski definition) is 3. The number of fused-ring (bicyclic) bond motifs is 1. The highest BCUT2D eigenvalue weighted by atomic mass is 16.2. The molecule has 1 amide bonds. The lowest BCUT2D eigenvalue weighted by molar-refractivity contribution is 0.253. The topological polar surface area (TPSA) is 72.9 Å². The quantitative estimate of drug-likeness (QED) is 0.774.